The Labute approximate surface area is 140 Å². The molecule has 130 valence electrons. The van der Waals surface area contributed by atoms with E-state index in [4.69, 9.17) is 11.5 Å². The largest absolute Gasteiger partial charge is 0.402 e. The van der Waals surface area contributed by atoms with Crippen LogP contribution in [-0.2, 0) is 4.79 Å². The summed E-state index contributed by atoms with van der Waals surface area (Å²) < 4.78 is 0. The van der Waals surface area contributed by atoms with Gasteiger partial charge in [0.15, 0.2) is 0 Å². The quantitative estimate of drug-likeness (QED) is 0.346. The van der Waals surface area contributed by atoms with Gasteiger partial charge in [0.2, 0.25) is 0 Å². The van der Waals surface area contributed by atoms with E-state index < -0.39 is 5.91 Å². The molecule has 5 nitrogen and oxygen atoms in total. The molecule has 23 heavy (non-hydrogen) atoms. The Hall–Kier alpha value is -2.30. The Morgan fingerprint density at radius 3 is 2.13 bits per heavy atom. The molecule has 5 heteroatoms. The molecule has 0 unspecified atom stereocenters. The van der Waals surface area contributed by atoms with Crippen LogP contribution in [0.4, 0.5) is 0 Å². The number of nitrogens with two attached hydrogens (primary N) is 2. The van der Waals surface area contributed by atoms with Gasteiger partial charge >= 0.3 is 0 Å². The van der Waals surface area contributed by atoms with Gasteiger partial charge in [-0.2, -0.15) is 0 Å². The Balaban J connectivity index is 0. The molecule has 5 N–H and O–H groups in total. The molecule has 0 aromatic heterocycles. The number of nitrogens with zero attached hydrogens (tertiary/aromatic N) is 1. The average Bonchev–Trinajstić information content (AvgIpc) is 2.46. The van der Waals surface area contributed by atoms with E-state index in [1.807, 2.05) is 0 Å². The van der Waals surface area contributed by atoms with Crippen molar-refractivity contribution in [3.63, 3.8) is 0 Å². The van der Waals surface area contributed by atoms with Crippen LogP contribution in [0.3, 0.4) is 0 Å². The van der Waals surface area contributed by atoms with E-state index in [0.29, 0.717) is 17.4 Å². The molecule has 0 saturated heterocycles. The summed E-state index contributed by atoms with van der Waals surface area (Å²) in [4.78, 5) is 14.5. The van der Waals surface area contributed by atoms with Crippen LogP contribution in [0.1, 0.15) is 47.0 Å². The Bertz CT molecular complexity index is 471. The van der Waals surface area contributed by atoms with Gasteiger partial charge in [-0.3, -0.25) is 9.79 Å². The van der Waals surface area contributed by atoms with Crippen molar-refractivity contribution >= 4 is 12.1 Å². The van der Waals surface area contributed by atoms with E-state index in [2.05, 4.69) is 43.9 Å². The van der Waals surface area contributed by atoms with E-state index in [0.717, 1.165) is 12.1 Å². The summed E-state index contributed by atoms with van der Waals surface area (Å²) >= 11 is 0. The van der Waals surface area contributed by atoms with Gasteiger partial charge in [0.1, 0.15) is 0 Å². The number of nitrogens with one attached hydrogen (secondary N) is 1. The van der Waals surface area contributed by atoms with Crippen LogP contribution >= 0.6 is 0 Å². The molecular weight excluding hydrogens is 288 g/mol. The second kappa shape index (κ2) is 13.4. The van der Waals surface area contributed by atoms with Crippen LogP contribution in [0.15, 0.2) is 53.5 Å². The lowest BCUT2D eigenvalue weighted by molar-refractivity contribution is -0.114. The highest BCUT2D eigenvalue weighted by atomic mass is 16.1. The first kappa shape index (κ1) is 23.0. The van der Waals surface area contributed by atoms with E-state index in [9.17, 15) is 4.79 Å². The molecule has 0 heterocycles. The average molecular weight is 320 g/mol. The standard InChI is InChI=1S/C10H19N.C8H13N3O/c1-5-8-10(7-3)11-9(4)6-2;1-5(2)11-4-7(6(3)9)8(10)12/h6,10-11H,2,4-5,7-8H2,1,3H3;4H,1,9H2,2-3H3,(H2,10,12)/b;7-6-,11-4?/t10-;/m1./s1. The molecule has 0 bridgehead atoms. The first-order valence-electron chi connectivity index (χ1n) is 7.73. The molecule has 0 aromatic carbocycles. The lowest BCUT2D eigenvalue weighted by Crippen LogP contribution is -2.26. The topological polar surface area (TPSA) is 93.5 Å². The number of aliphatic imine (C=N–C) groups is 1. The van der Waals surface area contributed by atoms with Crippen molar-refractivity contribution in [2.24, 2.45) is 16.5 Å². The number of amides is 1. The SMILES string of the molecule is C=C(C)N=C/C(C(N)=O)=C(\C)N.C=CC(=C)N[C@H](CC)CCC. The van der Waals surface area contributed by atoms with Gasteiger partial charge < -0.3 is 16.8 Å². The maximum absolute atomic E-state index is 10.7. The third kappa shape index (κ3) is 13.1. The minimum absolute atomic E-state index is 0.220. The van der Waals surface area contributed by atoms with Gasteiger partial charge in [0.25, 0.3) is 5.91 Å². The van der Waals surface area contributed by atoms with Crippen molar-refractivity contribution < 1.29 is 4.79 Å². The second-order valence-electron chi connectivity index (χ2n) is 5.22. The molecular formula is C18H32N4O. The van der Waals surface area contributed by atoms with E-state index >= 15 is 0 Å². The summed E-state index contributed by atoms with van der Waals surface area (Å²) in [5.41, 5.74) is 12.5. The minimum atomic E-state index is -0.583. The van der Waals surface area contributed by atoms with Crippen LogP contribution in [-0.4, -0.2) is 18.2 Å². The van der Waals surface area contributed by atoms with Crippen molar-refractivity contribution in [1.29, 1.82) is 0 Å². The minimum Gasteiger partial charge on any atom is -0.402 e. The second-order valence-corrected chi connectivity index (χ2v) is 5.22. The van der Waals surface area contributed by atoms with Crippen molar-refractivity contribution in [2.45, 2.75) is 53.0 Å². The van der Waals surface area contributed by atoms with Crippen molar-refractivity contribution in [1.82, 2.24) is 5.32 Å². The molecule has 0 radical (unpaired) electrons. The molecule has 0 aliphatic rings. The molecule has 0 aliphatic heterocycles. The van der Waals surface area contributed by atoms with Crippen molar-refractivity contribution in [3.8, 4) is 0 Å². The predicted molar refractivity (Wildman–Crippen MR) is 101 cm³/mol. The molecule has 0 rings (SSSR count). The first-order valence-corrected chi connectivity index (χ1v) is 7.73. The van der Waals surface area contributed by atoms with Gasteiger partial charge in [-0.1, -0.05) is 40.0 Å². The van der Waals surface area contributed by atoms with Gasteiger partial charge in [-0.05, 0) is 32.8 Å². The summed E-state index contributed by atoms with van der Waals surface area (Å²) in [5, 5.41) is 3.30. The fraction of sp³-hybridized carbons (Fsp3) is 0.444. The Morgan fingerprint density at radius 2 is 1.83 bits per heavy atom. The first-order chi connectivity index (χ1) is 10.7. The number of allylic oxidation sites excluding steroid dienone is 3. The summed E-state index contributed by atoms with van der Waals surface area (Å²) in [7, 11) is 0. The summed E-state index contributed by atoms with van der Waals surface area (Å²) in [6, 6.07) is 0.575. The summed E-state index contributed by atoms with van der Waals surface area (Å²) in [5.74, 6) is -0.583. The monoisotopic (exact) mass is 320 g/mol. The number of primary amides is 1. The van der Waals surface area contributed by atoms with Gasteiger partial charge in [0.05, 0.1) is 5.57 Å². The Morgan fingerprint density at radius 1 is 1.26 bits per heavy atom. The van der Waals surface area contributed by atoms with E-state index in [1.165, 1.54) is 19.1 Å². The number of carbonyl (C=O) groups excluding carboxylic acids is 1. The number of hydrogen-bond acceptors (Lipinski definition) is 4. The third-order valence-corrected chi connectivity index (χ3v) is 2.87. The predicted octanol–water partition coefficient (Wildman–Crippen LogP) is 3.16. The van der Waals surface area contributed by atoms with Crippen LogP contribution in [0, 0.1) is 0 Å². The zero-order valence-corrected chi connectivity index (χ0v) is 15.0. The highest BCUT2D eigenvalue weighted by molar-refractivity contribution is 6.12. The van der Waals surface area contributed by atoms with E-state index in [1.54, 1.807) is 19.9 Å². The molecule has 0 aromatic rings. The maximum atomic E-state index is 10.7. The molecule has 0 saturated carbocycles. The van der Waals surface area contributed by atoms with Gasteiger partial charge in [0, 0.05) is 29.3 Å². The fourth-order valence-electron chi connectivity index (χ4n) is 1.58. The van der Waals surface area contributed by atoms with E-state index in [-0.39, 0.29) is 5.57 Å². The normalized spacial score (nSPS) is 12.5. The zero-order chi connectivity index (χ0) is 18.4. The van der Waals surface area contributed by atoms with Crippen molar-refractivity contribution in [3.05, 3.63) is 48.5 Å². The molecule has 0 aliphatic carbocycles. The van der Waals surface area contributed by atoms with Crippen LogP contribution in [0.25, 0.3) is 0 Å². The molecule has 0 spiro atoms. The fourth-order valence-corrected chi connectivity index (χ4v) is 1.58. The molecule has 1 amide bonds. The van der Waals surface area contributed by atoms with Crippen molar-refractivity contribution in [2.75, 3.05) is 0 Å². The maximum Gasteiger partial charge on any atom is 0.252 e. The van der Waals surface area contributed by atoms with Crippen LogP contribution < -0.4 is 16.8 Å². The lowest BCUT2D eigenvalue weighted by Gasteiger charge is -2.16. The number of hydrogen-bond donors (Lipinski definition) is 3. The van der Waals surface area contributed by atoms with Gasteiger partial charge in [-0.15, -0.1) is 0 Å². The third-order valence-electron chi connectivity index (χ3n) is 2.87. The molecule has 0 fully saturated rings. The number of carbonyl (C=O) groups is 1. The van der Waals surface area contributed by atoms with Gasteiger partial charge in [-0.25, -0.2) is 0 Å². The smallest absolute Gasteiger partial charge is 0.252 e. The highest BCUT2D eigenvalue weighted by Gasteiger charge is 2.03. The number of rotatable bonds is 9. The lowest BCUT2D eigenvalue weighted by atomic mass is 10.1. The summed E-state index contributed by atoms with van der Waals surface area (Å²) in [6.45, 7) is 18.7. The van der Waals surface area contributed by atoms with Crippen LogP contribution in [0.2, 0.25) is 0 Å². The highest BCUT2D eigenvalue weighted by Crippen LogP contribution is 2.03. The zero-order valence-electron chi connectivity index (χ0n) is 15.0. The van der Waals surface area contributed by atoms with Crippen LogP contribution in [0.5, 0.6) is 0 Å². The summed E-state index contributed by atoms with van der Waals surface area (Å²) in [6.07, 6.45) is 6.66. The Kier molecular flexibility index (Phi) is 13.4. The molecule has 1 atom stereocenters.